The summed E-state index contributed by atoms with van der Waals surface area (Å²) < 4.78 is 25.5. The van der Waals surface area contributed by atoms with E-state index in [1.807, 2.05) is 67.6 Å². The Balaban J connectivity index is 1.52. The fourth-order valence-electron chi connectivity index (χ4n) is 5.47. The zero-order valence-corrected chi connectivity index (χ0v) is 26.7. The molecule has 5 aromatic rings. The number of aryl methyl sites for hydroxylation is 1. The summed E-state index contributed by atoms with van der Waals surface area (Å²) in [7, 11) is 3.20. The molecule has 2 amide bonds. The lowest BCUT2D eigenvalue weighted by Crippen LogP contribution is -2.44. The van der Waals surface area contributed by atoms with Crippen LogP contribution in [0.5, 0.6) is 5.75 Å². The van der Waals surface area contributed by atoms with Gasteiger partial charge in [0.25, 0.3) is 5.91 Å². The van der Waals surface area contributed by atoms with Gasteiger partial charge in [-0.3, -0.25) is 9.78 Å². The summed E-state index contributed by atoms with van der Waals surface area (Å²) in [4.78, 5) is 33.2. The minimum Gasteiger partial charge on any atom is -0.497 e. The maximum atomic E-state index is 14.7. The highest BCUT2D eigenvalue weighted by Crippen LogP contribution is 2.34. The zero-order valence-electron chi connectivity index (χ0n) is 26.7. The number of alkyl carbamates (subject to hydrolysis) is 1. The van der Waals surface area contributed by atoms with Gasteiger partial charge in [-0.2, -0.15) is 5.26 Å². The van der Waals surface area contributed by atoms with E-state index in [-0.39, 0.29) is 19.1 Å². The third-order valence-electron chi connectivity index (χ3n) is 7.91. The van der Waals surface area contributed by atoms with Crippen molar-refractivity contribution >= 4 is 22.9 Å². The van der Waals surface area contributed by atoms with Gasteiger partial charge in [0, 0.05) is 36.8 Å². The van der Waals surface area contributed by atoms with Crippen LogP contribution in [0.1, 0.15) is 40.4 Å². The number of rotatable bonds is 10. The van der Waals surface area contributed by atoms with Crippen LogP contribution >= 0.6 is 0 Å². The molecule has 9 heteroatoms. The molecule has 1 atom stereocenters. The monoisotopic (exact) mass is 630 g/mol. The van der Waals surface area contributed by atoms with Gasteiger partial charge in [-0.05, 0) is 83.6 Å². The fourth-order valence-corrected chi connectivity index (χ4v) is 5.47. The van der Waals surface area contributed by atoms with E-state index < -0.39 is 18.0 Å². The molecule has 238 valence electrons. The minimum absolute atomic E-state index is 0.128. The van der Waals surface area contributed by atoms with Crippen LogP contribution in [0.15, 0.2) is 91.1 Å². The Kier molecular flexibility index (Phi) is 10.1. The number of nitrogens with zero attached hydrogens (tertiary/aromatic N) is 3. The number of amides is 2. The lowest BCUT2D eigenvalue weighted by Gasteiger charge is -2.25. The van der Waals surface area contributed by atoms with Gasteiger partial charge >= 0.3 is 6.09 Å². The molecule has 1 aromatic heterocycles. The first kappa shape index (κ1) is 32.6. The molecule has 0 aliphatic carbocycles. The SMILES string of the molecule is CC[C@@H](CN(C)C(=O)c1c(-c2cc(C)cc(F)c2)cnc2ccc(-c3cc(C#N)cc(OC)c3)cc12)NC(=O)OCc1ccccc1. The van der Waals surface area contributed by atoms with Crippen LogP contribution in [0.25, 0.3) is 33.2 Å². The molecule has 0 spiro atoms. The van der Waals surface area contributed by atoms with Crippen LogP contribution < -0.4 is 10.1 Å². The second-order valence-electron chi connectivity index (χ2n) is 11.4. The largest absolute Gasteiger partial charge is 0.497 e. The van der Waals surface area contributed by atoms with Crippen LogP contribution in [0.4, 0.5) is 9.18 Å². The topological polar surface area (TPSA) is 105 Å². The van der Waals surface area contributed by atoms with Crippen molar-refractivity contribution in [3.63, 3.8) is 0 Å². The van der Waals surface area contributed by atoms with Crippen molar-refractivity contribution in [1.82, 2.24) is 15.2 Å². The number of methoxy groups -OCH3 is 1. The first-order chi connectivity index (χ1) is 22.7. The molecule has 4 aromatic carbocycles. The van der Waals surface area contributed by atoms with Crippen molar-refractivity contribution in [2.24, 2.45) is 0 Å². The Labute approximate surface area is 273 Å². The van der Waals surface area contributed by atoms with Crippen molar-refractivity contribution in [3.05, 3.63) is 119 Å². The van der Waals surface area contributed by atoms with Gasteiger partial charge < -0.3 is 19.7 Å². The van der Waals surface area contributed by atoms with Crippen molar-refractivity contribution in [2.75, 3.05) is 20.7 Å². The maximum absolute atomic E-state index is 14.7. The molecule has 0 aliphatic heterocycles. The average molecular weight is 631 g/mol. The van der Waals surface area contributed by atoms with Gasteiger partial charge in [0.1, 0.15) is 18.2 Å². The maximum Gasteiger partial charge on any atom is 0.407 e. The van der Waals surface area contributed by atoms with Gasteiger partial charge in [0.05, 0.1) is 29.8 Å². The number of halogens is 1. The van der Waals surface area contributed by atoms with E-state index in [2.05, 4.69) is 16.4 Å². The standard InChI is InChI=1S/C38H35FN4O4/c1-5-31(42-38(45)47-23-25-9-7-6-8-10-25)22-43(3)37(44)36-33-19-27(28-15-26(20-40)16-32(18-28)46-4)11-12-35(33)41-21-34(36)29-13-24(2)14-30(39)17-29/h6-19,21,31H,5,22-23H2,1-4H3,(H,42,45)/t31-/m0/s1. The molecule has 1 N–H and O–H groups in total. The van der Waals surface area contributed by atoms with E-state index in [0.717, 1.165) is 16.7 Å². The summed E-state index contributed by atoms with van der Waals surface area (Å²) >= 11 is 0. The number of nitriles is 1. The number of fused-ring (bicyclic) bond motifs is 1. The Hall–Kier alpha value is -5.75. The summed E-state index contributed by atoms with van der Waals surface area (Å²) in [6.45, 7) is 4.03. The minimum atomic E-state index is -0.577. The molecular formula is C38H35FN4O4. The van der Waals surface area contributed by atoms with E-state index in [1.54, 1.807) is 37.2 Å². The number of hydrogen-bond acceptors (Lipinski definition) is 6. The quantitative estimate of drug-likeness (QED) is 0.170. The summed E-state index contributed by atoms with van der Waals surface area (Å²) in [5, 5.41) is 13.0. The highest BCUT2D eigenvalue weighted by molar-refractivity contribution is 6.12. The predicted molar refractivity (Wildman–Crippen MR) is 179 cm³/mol. The van der Waals surface area contributed by atoms with E-state index in [1.165, 1.54) is 19.2 Å². The second kappa shape index (κ2) is 14.6. The molecule has 8 nitrogen and oxygen atoms in total. The van der Waals surface area contributed by atoms with E-state index in [9.17, 15) is 19.2 Å². The highest BCUT2D eigenvalue weighted by atomic mass is 19.1. The number of pyridine rings is 1. The van der Waals surface area contributed by atoms with Crippen molar-refractivity contribution in [3.8, 4) is 34.1 Å². The third-order valence-corrected chi connectivity index (χ3v) is 7.91. The first-order valence-electron chi connectivity index (χ1n) is 15.2. The molecule has 47 heavy (non-hydrogen) atoms. The summed E-state index contributed by atoms with van der Waals surface area (Å²) in [5.41, 5.74) is 5.37. The number of carbonyl (C=O) groups excluding carboxylic acids is 2. The number of aromatic nitrogens is 1. The lowest BCUT2D eigenvalue weighted by atomic mass is 9.93. The van der Waals surface area contributed by atoms with Crippen LogP contribution in [-0.4, -0.2) is 48.6 Å². The van der Waals surface area contributed by atoms with E-state index in [4.69, 9.17) is 9.47 Å². The van der Waals surface area contributed by atoms with Crippen LogP contribution in [0.3, 0.4) is 0 Å². The van der Waals surface area contributed by atoms with Crippen molar-refractivity contribution < 1.29 is 23.5 Å². The van der Waals surface area contributed by atoms with E-state index in [0.29, 0.717) is 50.9 Å². The normalized spacial score (nSPS) is 11.4. The molecule has 0 saturated heterocycles. The fraction of sp³-hybridized carbons (Fsp3) is 0.211. The van der Waals surface area contributed by atoms with Gasteiger partial charge in [0.15, 0.2) is 0 Å². The molecule has 0 aliphatic rings. The van der Waals surface area contributed by atoms with Crippen LogP contribution in [-0.2, 0) is 11.3 Å². The van der Waals surface area contributed by atoms with E-state index >= 15 is 0 Å². The highest BCUT2D eigenvalue weighted by Gasteiger charge is 2.24. The summed E-state index contributed by atoms with van der Waals surface area (Å²) in [5.74, 6) is -0.226. The van der Waals surface area contributed by atoms with Gasteiger partial charge in [-0.25, -0.2) is 9.18 Å². The van der Waals surface area contributed by atoms with Crippen LogP contribution in [0.2, 0.25) is 0 Å². The van der Waals surface area contributed by atoms with Gasteiger partial charge in [-0.15, -0.1) is 0 Å². The summed E-state index contributed by atoms with van der Waals surface area (Å²) in [6.07, 6.45) is 1.56. The number of likely N-dealkylation sites (N-methyl/N-ethyl adjacent to an activating group) is 1. The van der Waals surface area contributed by atoms with Crippen molar-refractivity contribution in [2.45, 2.75) is 32.9 Å². The Bertz CT molecular complexity index is 1950. The smallest absolute Gasteiger partial charge is 0.407 e. The number of hydrogen-bond donors (Lipinski definition) is 1. The molecule has 5 rings (SSSR count). The van der Waals surface area contributed by atoms with Gasteiger partial charge in [-0.1, -0.05) is 49.4 Å². The lowest BCUT2D eigenvalue weighted by molar-refractivity contribution is 0.0775. The number of ether oxygens (including phenoxy) is 2. The second-order valence-corrected chi connectivity index (χ2v) is 11.4. The predicted octanol–water partition coefficient (Wildman–Crippen LogP) is 7.67. The van der Waals surface area contributed by atoms with Gasteiger partial charge in [0.2, 0.25) is 0 Å². The average Bonchev–Trinajstić information content (AvgIpc) is 3.09. The molecule has 1 heterocycles. The van der Waals surface area contributed by atoms with Crippen molar-refractivity contribution in [1.29, 1.82) is 5.26 Å². The number of carbonyl (C=O) groups is 2. The third kappa shape index (κ3) is 7.74. The zero-order chi connectivity index (χ0) is 33.5. The molecule has 0 unspecified atom stereocenters. The molecule has 0 radical (unpaired) electrons. The Morgan fingerprint density at radius 1 is 1.00 bits per heavy atom. The summed E-state index contributed by atoms with van der Waals surface area (Å²) in [6, 6.07) is 26.5. The number of benzene rings is 4. The first-order valence-corrected chi connectivity index (χ1v) is 15.2. The van der Waals surface area contributed by atoms with Crippen LogP contribution in [0, 0.1) is 24.1 Å². The molecule has 0 bridgehead atoms. The molecule has 0 fully saturated rings. The molecular weight excluding hydrogens is 595 g/mol. The Morgan fingerprint density at radius 3 is 2.49 bits per heavy atom. The molecule has 0 saturated carbocycles. The number of nitrogens with one attached hydrogen (secondary N) is 1. The Morgan fingerprint density at radius 2 is 1.79 bits per heavy atom.